The Morgan fingerprint density at radius 3 is 3.06 bits per heavy atom. The van der Waals surface area contributed by atoms with Crippen LogP contribution in [0.2, 0.25) is 0 Å². The van der Waals surface area contributed by atoms with Gasteiger partial charge in [-0.1, -0.05) is 0 Å². The van der Waals surface area contributed by atoms with Crippen molar-refractivity contribution in [1.82, 2.24) is 15.0 Å². The summed E-state index contributed by atoms with van der Waals surface area (Å²) < 4.78 is 0. The second-order valence-corrected chi connectivity index (χ2v) is 6.03. The highest BCUT2D eigenvalue weighted by Gasteiger charge is 2.09. The van der Waals surface area contributed by atoms with Gasteiger partial charge in [0.2, 0.25) is 5.95 Å². The monoisotopic (exact) mass is 277 g/mol. The third-order valence-electron chi connectivity index (χ3n) is 2.45. The number of hydrogen-bond donors (Lipinski definition) is 2. The number of nitrogens with zero attached hydrogens (tertiary/aromatic N) is 3. The topological polar surface area (TPSA) is 76.7 Å². The van der Waals surface area contributed by atoms with Gasteiger partial charge in [0.15, 0.2) is 0 Å². The lowest BCUT2D eigenvalue weighted by atomic mass is 10.3. The van der Waals surface area contributed by atoms with E-state index in [9.17, 15) is 0 Å². The van der Waals surface area contributed by atoms with E-state index in [1.807, 2.05) is 11.7 Å². The van der Waals surface area contributed by atoms with Crippen LogP contribution >= 0.6 is 22.7 Å². The van der Waals surface area contributed by atoms with Crippen LogP contribution in [0, 0.1) is 6.92 Å². The number of rotatable bonds is 3. The molecule has 0 atom stereocenters. The molecule has 0 amide bonds. The van der Waals surface area contributed by atoms with E-state index in [-0.39, 0.29) is 0 Å². The Morgan fingerprint density at radius 2 is 2.28 bits per heavy atom. The number of nitrogens with two attached hydrogens (primary N) is 1. The lowest BCUT2D eigenvalue weighted by Crippen LogP contribution is -2.03. The molecule has 92 valence electrons. The van der Waals surface area contributed by atoms with Crippen molar-refractivity contribution in [2.24, 2.45) is 0 Å². The molecule has 7 heteroatoms. The van der Waals surface area contributed by atoms with Gasteiger partial charge in [-0.3, -0.25) is 4.98 Å². The molecule has 0 bridgehead atoms. The second kappa shape index (κ2) is 4.51. The SMILES string of the molecule is Cc1cc2c(NCc3cncs3)nc(N)nc2s1. The van der Waals surface area contributed by atoms with E-state index in [0.717, 1.165) is 20.9 Å². The van der Waals surface area contributed by atoms with E-state index in [4.69, 9.17) is 5.73 Å². The van der Waals surface area contributed by atoms with Crippen LogP contribution in [0.3, 0.4) is 0 Å². The van der Waals surface area contributed by atoms with Crippen molar-refractivity contribution in [1.29, 1.82) is 0 Å². The maximum absolute atomic E-state index is 5.72. The summed E-state index contributed by atoms with van der Waals surface area (Å²) in [5, 5.41) is 4.31. The first-order valence-corrected chi connectivity index (χ1v) is 7.07. The average molecular weight is 277 g/mol. The molecule has 18 heavy (non-hydrogen) atoms. The van der Waals surface area contributed by atoms with Gasteiger partial charge in [0.05, 0.1) is 17.4 Å². The molecule has 3 aromatic heterocycles. The van der Waals surface area contributed by atoms with Crippen LogP contribution in [0.4, 0.5) is 11.8 Å². The number of thiophene rings is 1. The minimum atomic E-state index is 0.302. The lowest BCUT2D eigenvalue weighted by Gasteiger charge is -2.05. The summed E-state index contributed by atoms with van der Waals surface area (Å²) in [6.07, 6.45) is 1.85. The Labute approximate surface area is 112 Å². The number of nitrogen functional groups attached to an aromatic ring is 1. The smallest absolute Gasteiger partial charge is 0.223 e. The number of hydrogen-bond acceptors (Lipinski definition) is 7. The highest BCUT2D eigenvalue weighted by Crippen LogP contribution is 2.29. The Kier molecular flexibility index (Phi) is 2.85. The normalized spacial score (nSPS) is 10.9. The van der Waals surface area contributed by atoms with E-state index in [1.165, 1.54) is 4.88 Å². The summed E-state index contributed by atoms with van der Waals surface area (Å²) in [7, 11) is 0. The molecule has 0 aromatic carbocycles. The van der Waals surface area contributed by atoms with E-state index >= 15 is 0 Å². The summed E-state index contributed by atoms with van der Waals surface area (Å²) in [6, 6.07) is 2.08. The van der Waals surface area contributed by atoms with Gasteiger partial charge >= 0.3 is 0 Å². The molecule has 0 unspecified atom stereocenters. The molecule has 3 rings (SSSR count). The van der Waals surface area contributed by atoms with Crippen LogP contribution in [-0.2, 0) is 6.54 Å². The zero-order valence-electron chi connectivity index (χ0n) is 9.67. The standard InChI is InChI=1S/C11H11N5S2/c1-6-2-8-9(14-4-7-3-13-5-17-7)15-11(12)16-10(8)18-6/h2-3,5H,4H2,1H3,(H3,12,14,15,16). The van der Waals surface area contributed by atoms with Crippen molar-refractivity contribution < 1.29 is 0 Å². The van der Waals surface area contributed by atoms with Gasteiger partial charge in [0, 0.05) is 16.0 Å². The highest BCUT2D eigenvalue weighted by molar-refractivity contribution is 7.18. The molecule has 0 fully saturated rings. The number of thiazole rings is 1. The fourth-order valence-corrected chi connectivity index (χ4v) is 3.11. The minimum absolute atomic E-state index is 0.302. The molecular formula is C11H11N5S2. The minimum Gasteiger partial charge on any atom is -0.368 e. The Hall–Kier alpha value is -1.73. The van der Waals surface area contributed by atoms with E-state index in [1.54, 1.807) is 22.7 Å². The Balaban J connectivity index is 1.95. The van der Waals surface area contributed by atoms with Gasteiger partial charge < -0.3 is 11.1 Å². The zero-order valence-corrected chi connectivity index (χ0v) is 11.3. The van der Waals surface area contributed by atoms with Crippen molar-refractivity contribution >= 4 is 44.7 Å². The maximum atomic E-state index is 5.72. The van der Waals surface area contributed by atoms with Gasteiger partial charge in [-0.15, -0.1) is 22.7 Å². The van der Waals surface area contributed by atoms with Gasteiger partial charge in [-0.05, 0) is 13.0 Å². The molecule has 3 aromatic rings. The summed E-state index contributed by atoms with van der Waals surface area (Å²) in [6.45, 7) is 2.75. The number of nitrogens with one attached hydrogen (secondary N) is 1. The van der Waals surface area contributed by atoms with Gasteiger partial charge in [0.25, 0.3) is 0 Å². The first-order chi connectivity index (χ1) is 8.72. The van der Waals surface area contributed by atoms with E-state index < -0.39 is 0 Å². The average Bonchev–Trinajstić information content (AvgIpc) is 2.93. The molecule has 0 spiro atoms. The van der Waals surface area contributed by atoms with Crippen molar-refractivity contribution in [2.75, 3.05) is 11.1 Å². The molecule has 5 nitrogen and oxygen atoms in total. The largest absolute Gasteiger partial charge is 0.368 e. The first-order valence-electron chi connectivity index (χ1n) is 5.37. The highest BCUT2D eigenvalue weighted by atomic mass is 32.1. The molecule has 3 N–H and O–H groups in total. The quantitative estimate of drug-likeness (QED) is 0.769. The molecular weight excluding hydrogens is 266 g/mol. The molecule has 0 saturated heterocycles. The Morgan fingerprint density at radius 1 is 1.39 bits per heavy atom. The Bertz CT molecular complexity index is 674. The fraction of sp³-hybridized carbons (Fsp3) is 0.182. The predicted molar refractivity (Wildman–Crippen MR) is 76.0 cm³/mol. The van der Waals surface area contributed by atoms with Crippen LogP contribution in [-0.4, -0.2) is 15.0 Å². The number of aryl methyl sites for hydroxylation is 1. The van der Waals surface area contributed by atoms with Gasteiger partial charge in [0.1, 0.15) is 10.6 Å². The van der Waals surface area contributed by atoms with Crippen LogP contribution in [0.25, 0.3) is 10.2 Å². The van der Waals surface area contributed by atoms with Crippen LogP contribution in [0.5, 0.6) is 0 Å². The second-order valence-electron chi connectivity index (χ2n) is 3.83. The summed E-state index contributed by atoms with van der Waals surface area (Å²) in [4.78, 5) is 15.8. The molecule has 0 aliphatic heterocycles. The van der Waals surface area contributed by atoms with Crippen LogP contribution < -0.4 is 11.1 Å². The predicted octanol–water partition coefficient (Wildman–Crippen LogP) is 2.65. The summed E-state index contributed by atoms with van der Waals surface area (Å²) >= 11 is 3.23. The van der Waals surface area contributed by atoms with Gasteiger partial charge in [-0.2, -0.15) is 4.98 Å². The number of aromatic nitrogens is 3. The van der Waals surface area contributed by atoms with Crippen molar-refractivity contribution in [3.05, 3.63) is 27.5 Å². The number of anilines is 2. The zero-order chi connectivity index (χ0) is 12.5. The van der Waals surface area contributed by atoms with Gasteiger partial charge in [-0.25, -0.2) is 4.98 Å². The third-order valence-corrected chi connectivity index (χ3v) is 4.17. The number of fused-ring (bicyclic) bond motifs is 1. The summed E-state index contributed by atoms with van der Waals surface area (Å²) in [5.41, 5.74) is 7.53. The molecule has 3 heterocycles. The van der Waals surface area contributed by atoms with Crippen LogP contribution in [0.15, 0.2) is 17.8 Å². The van der Waals surface area contributed by atoms with Crippen molar-refractivity contribution in [3.8, 4) is 0 Å². The maximum Gasteiger partial charge on any atom is 0.223 e. The fourth-order valence-electron chi connectivity index (χ4n) is 1.69. The third kappa shape index (κ3) is 2.14. The van der Waals surface area contributed by atoms with E-state index in [0.29, 0.717) is 12.5 Å². The molecule has 0 radical (unpaired) electrons. The van der Waals surface area contributed by atoms with E-state index in [2.05, 4.69) is 33.3 Å². The van der Waals surface area contributed by atoms with Crippen molar-refractivity contribution in [2.45, 2.75) is 13.5 Å². The molecule has 0 saturated carbocycles. The molecule has 0 aliphatic carbocycles. The summed E-state index contributed by atoms with van der Waals surface area (Å²) in [5.74, 6) is 1.09. The van der Waals surface area contributed by atoms with Crippen LogP contribution in [0.1, 0.15) is 9.75 Å². The van der Waals surface area contributed by atoms with Crippen molar-refractivity contribution in [3.63, 3.8) is 0 Å². The first kappa shape index (κ1) is 11.4. The lowest BCUT2D eigenvalue weighted by molar-refractivity contribution is 1.13. The molecule has 0 aliphatic rings.